The number of hydrogen-bond acceptors (Lipinski definition) is 9. The van der Waals surface area contributed by atoms with Gasteiger partial charge in [0.25, 0.3) is 0 Å². The molecule has 1 unspecified atom stereocenters. The molecule has 2 fully saturated rings. The fourth-order valence-corrected chi connectivity index (χ4v) is 7.06. The van der Waals surface area contributed by atoms with Crippen molar-refractivity contribution in [2.45, 2.75) is 48.3 Å². The van der Waals surface area contributed by atoms with Gasteiger partial charge in [-0.05, 0) is 25.0 Å². The Labute approximate surface area is 209 Å². The normalized spacial score (nSPS) is 28.0. The van der Waals surface area contributed by atoms with Crippen molar-refractivity contribution in [3.8, 4) is 0 Å². The maximum absolute atomic E-state index is 13.0. The van der Waals surface area contributed by atoms with Crippen LogP contribution in [0, 0.1) is 0 Å². The van der Waals surface area contributed by atoms with Crippen molar-refractivity contribution in [2.24, 2.45) is 4.99 Å². The number of aliphatic hydroxyl groups excluding tert-OH is 4. The third-order valence-electron chi connectivity index (χ3n) is 6.40. The van der Waals surface area contributed by atoms with Gasteiger partial charge in [-0.2, -0.15) is 0 Å². The molecule has 5 N–H and O–H groups in total. The zero-order valence-electron chi connectivity index (χ0n) is 19.6. The molecule has 4 rings (SSSR count). The Bertz CT molecular complexity index is 1190. The minimum absolute atomic E-state index is 0.241. The van der Waals surface area contributed by atoms with E-state index in [2.05, 4.69) is 9.71 Å². The summed E-state index contributed by atoms with van der Waals surface area (Å²) in [5.41, 5.74) is 0.944. The summed E-state index contributed by atoms with van der Waals surface area (Å²) in [7, 11) is 0.134. The Hall–Kier alpha value is -1.93. The van der Waals surface area contributed by atoms with Crippen LogP contribution in [0.4, 0.5) is 5.69 Å². The largest absolute Gasteiger partial charge is 0.388 e. The third-order valence-corrected chi connectivity index (χ3v) is 9.03. The third kappa shape index (κ3) is 5.15. The average molecular weight is 525 g/mol. The molecule has 0 aromatic heterocycles. The van der Waals surface area contributed by atoms with Crippen LogP contribution in [0.15, 0.2) is 46.3 Å². The molecule has 5 atom stereocenters. The summed E-state index contributed by atoms with van der Waals surface area (Å²) in [6.07, 6.45) is -4.24. The molecule has 0 radical (unpaired) electrons. The van der Waals surface area contributed by atoms with E-state index in [1.165, 1.54) is 16.7 Å². The van der Waals surface area contributed by atoms with Crippen molar-refractivity contribution in [1.82, 2.24) is 9.62 Å². The van der Waals surface area contributed by atoms with E-state index >= 15 is 0 Å². The number of nitrogens with one attached hydrogen (secondary N) is 1. The van der Waals surface area contributed by atoms with Crippen LogP contribution in [0.25, 0.3) is 10.8 Å². The standard InChI is InChI=1S/C23H32N4O6S2/c1-26(2)16-9-5-8-15-14(16)7-6-10-18(15)35(32,33)25-12-4-3-11-24-23-27-17(13-34-23)19(28)20(29)21(30)22(27)31/h5-10,17,19-22,25,28-31H,3-4,11-13H2,1-2H3/t17?,19-,20+,21-,22-/m1/s1. The van der Waals surface area contributed by atoms with Crippen LogP contribution in [-0.4, -0.2) is 102 Å². The van der Waals surface area contributed by atoms with E-state index < -0.39 is 40.6 Å². The summed E-state index contributed by atoms with van der Waals surface area (Å²) in [6.45, 7) is 0.651. The van der Waals surface area contributed by atoms with Gasteiger partial charge in [0.05, 0.1) is 10.9 Å². The maximum Gasteiger partial charge on any atom is 0.241 e. The van der Waals surface area contributed by atoms with Crippen LogP contribution in [-0.2, 0) is 10.0 Å². The van der Waals surface area contributed by atoms with Crippen molar-refractivity contribution in [2.75, 3.05) is 37.8 Å². The highest BCUT2D eigenvalue weighted by Crippen LogP contribution is 2.34. The number of benzene rings is 2. The van der Waals surface area contributed by atoms with Gasteiger partial charge in [0.1, 0.15) is 18.3 Å². The molecular weight excluding hydrogens is 492 g/mol. The van der Waals surface area contributed by atoms with Gasteiger partial charge in [0.2, 0.25) is 10.0 Å². The quantitative estimate of drug-likeness (QED) is 0.305. The van der Waals surface area contributed by atoms with Gasteiger partial charge in [-0.1, -0.05) is 36.0 Å². The number of anilines is 1. The minimum atomic E-state index is -3.70. The second-order valence-corrected chi connectivity index (χ2v) is 11.7. The number of aliphatic hydroxyl groups is 4. The van der Waals surface area contributed by atoms with Crippen molar-refractivity contribution < 1.29 is 28.8 Å². The highest BCUT2D eigenvalue weighted by Gasteiger charge is 2.51. The van der Waals surface area contributed by atoms with Crippen LogP contribution in [0.1, 0.15) is 12.8 Å². The molecule has 2 saturated heterocycles. The molecule has 192 valence electrons. The number of fused-ring (bicyclic) bond motifs is 2. The highest BCUT2D eigenvalue weighted by atomic mass is 32.2. The van der Waals surface area contributed by atoms with Gasteiger partial charge >= 0.3 is 0 Å². The van der Waals surface area contributed by atoms with E-state index in [9.17, 15) is 28.8 Å². The Morgan fingerprint density at radius 2 is 1.74 bits per heavy atom. The molecule has 0 saturated carbocycles. The molecule has 10 nitrogen and oxygen atoms in total. The molecule has 12 heteroatoms. The SMILES string of the molecule is CN(C)c1cccc2c(S(=O)(=O)NCCCCN=C3SCC4[C@@H](O)[C@H](O)[C@@H](O)[C@@H](O)N34)cccc12. The number of rotatable bonds is 8. The van der Waals surface area contributed by atoms with E-state index in [0.717, 1.165) is 11.1 Å². The Morgan fingerprint density at radius 3 is 2.49 bits per heavy atom. The topological polar surface area (TPSA) is 146 Å². The zero-order chi connectivity index (χ0) is 25.3. The van der Waals surface area contributed by atoms with Gasteiger partial charge in [0.15, 0.2) is 11.4 Å². The molecule has 2 aliphatic rings. The first-order valence-corrected chi connectivity index (χ1v) is 14.0. The number of aliphatic imine (C=N–C) groups is 1. The smallest absolute Gasteiger partial charge is 0.241 e. The lowest BCUT2D eigenvalue weighted by Gasteiger charge is -2.44. The van der Waals surface area contributed by atoms with Crippen LogP contribution < -0.4 is 9.62 Å². The number of hydrogen-bond donors (Lipinski definition) is 5. The Morgan fingerprint density at radius 1 is 1.03 bits per heavy atom. The summed E-state index contributed by atoms with van der Waals surface area (Å²) in [5.74, 6) is 0.446. The van der Waals surface area contributed by atoms with E-state index in [-0.39, 0.29) is 11.4 Å². The average Bonchev–Trinajstić information content (AvgIpc) is 3.26. The number of piperidine rings is 1. The molecule has 0 bridgehead atoms. The zero-order valence-corrected chi connectivity index (χ0v) is 21.3. The highest BCUT2D eigenvalue weighted by molar-refractivity contribution is 8.14. The molecule has 2 aliphatic heterocycles. The molecular formula is C23H32N4O6S2. The fourth-order valence-electron chi connectivity index (χ4n) is 4.51. The molecule has 2 aromatic rings. The van der Waals surface area contributed by atoms with Gasteiger partial charge in [-0.25, -0.2) is 13.1 Å². The Kier molecular flexibility index (Phi) is 7.91. The van der Waals surface area contributed by atoms with Gasteiger partial charge in [-0.3, -0.25) is 4.99 Å². The van der Waals surface area contributed by atoms with Gasteiger partial charge in [-0.15, -0.1) is 0 Å². The summed E-state index contributed by atoms with van der Waals surface area (Å²) in [6, 6.07) is 10.3. The van der Waals surface area contributed by atoms with Crippen molar-refractivity contribution in [3.05, 3.63) is 36.4 Å². The Balaban J connectivity index is 1.34. The number of unbranched alkanes of at least 4 members (excludes halogenated alkanes) is 1. The summed E-state index contributed by atoms with van der Waals surface area (Å²) in [4.78, 5) is 8.12. The predicted octanol–water partition coefficient (Wildman–Crippen LogP) is 0.152. The van der Waals surface area contributed by atoms with Crippen LogP contribution in [0.5, 0.6) is 0 Å². The summed E-state index contributed by atoms with van der Waals surface area (Å²) >= 11 is 1.35. The lowest BCUT2D eigenvalue weighted by molar-refractivity contribution is -0.190. The number of thioether (sulfide) groups is 1. The first-order chi connectivity index (χ1) is 16.6. The fraction of sp³-hybridized carbons (Fsp3) is 0.522. The number of amidine groups is 1. The van der Waals surface area contributed by atoms with E-state index in [0.29, 0.717) is 35.7 Å². The molecule has 35 heavy (non-hydrogen) atoms. The van der Waals surface area contributed by atoms with Crippen molar-refractivity contribution in [1.29, 1.82) is 0 Å². The first-order valence-electron chi connectivity index (χ1n) is 11.5. The second-order valence-electron chi connectivity index (χ2n) is 8.96. The molecule has 0 spiro atoms. The van der Waals surface area contributed by atoms with Crippen molar-refractivity contribution >= 4 is 43.4 Å². The number of sulfonamides is 1. The molecule has 2 heterocycles. The number of nitrogens with zero attached hydrogens (tertiary/aromatic N) is 3. The van der Waals surface area contributed by atoms with Gasteiger partial charge in [0, 0.05) is 49.4 Å². The lowest BCUT2D eigenvalue weighted by atomic mass is 9.94. The predicted molar refractivity (Wildman–Crippen MR) is 137 cm³/mol. The van der Waals surface area contributed by atoms with Crippen LogP contribution in [0.2, 0.25) is 0 Å². The molecule has 2 aromatic carbocycles. The van der Waals surface area contributed by atoms with Crippen molar-refractivity contribution in [3.63, 3.8) is 0 Å². The van der Waals surface area contributed by atoms with Crippen LogP contribution in [0.3, 0.4) is 0 Å². The minimum Gasteiger partial charge on any atom is -0.388 e. The van der Waals surface area contributed by atoms with E-state index in [1.807, 2.05) is 37.2 Å². The molecule has 0 aliphatic carbocycles. The summed E-state index contributed by atoms with van der Waals surface area (Å²) in [5, 5.41) is 42.3. The van der Waals surface area contributed by atoms with Gasteiger partial charge < -0.3 is 30.2 Å². The lowest BCUT2D eigenvalue weighted by Crippen LogP contribution is -2.65. The monoisotopic (exact) mass is 524 g/mol. The van der Waals surface area contributed by atoms with E-state index in [4.69, 9.17) is 0 Å². The first kappa shape index (κ1) is 26.1. The molecule has 0 amide bonds. The second kappa shape index (κ2) is 10.6. The maximum atomic E-state index is 13.0. The van der Waals surface area contributed by atoms with E-state index in [1.54, 1.807) is 18.2 Å². The van der Waals surface area contributed by atoms with Crippen LogP contribution >= 0.6 is 11.8 Å². The summed E-state index contributed by atoms with van der Waals surface area (Å²) < 4.78 is 28.7.